The highest BCUT2D eigenvalue weighted by molar-refractivity contribution is 6.30. The highest BCUT2D eigenvalue weighted by Gasteiger charge is 2.07. The topological polar surface area (TPSA) is 71.1 Å². The van der Waals surface area contributed by atoms with Gasteiger partial charge in [0.15, 0.2) is 5.78 Å². The molecule has 0 spiro atoms. The molecule has 3 rings (SSSR count). The molecule has 0 aliphatic heterocycles. The van der Waals surface area contributed by atoms with E-state index in [1.165, 1.54) is 13.1 Å². The monoisotopic (exact) mass is 379 g/mol. The van der Waals surface area contributed by atoms with E-state index in [9.17, 15) is 9.59 Å². The number of benzene rings is 2. The lowest BCUT2D eigenvalue weighted by molar-refractivity contribution is 0.101. The summed E-state index contributed by atoms with van der Waals surface area (Å²) in [5, 5.41) is 6.68. The van der Waals surface area contributed by atoms with Gasteiger partial charge >= 0.3 is 0 Å². The third-order valence-corrected chi connectivity index (χ3v) is 4.21. The molecule has 3 aromatic rings. The first kappa shape index (κ1) is 18.6. The van der Waals surface area contributed by atoms with E-state index in [2.05, 4.69) is 15.6 Å². The van der Waals surface area contributed by atoms with Crippen LogP contribution < -0.4 is 10.6 Å². The van der Waals surface area contributed by atoms with E-state index in [1.807, 2.05) is 24.3 Å². The summed E-state index contributed by atoms with van der Waals surface area (Å²) >= 11 is 5.87. The summed E-state index contributed by atoms with van der Waals surface area (Å²) in [6, 6.07) is 17.8. The number of hydrogen-bond donors (Lipinski definition) is 2. The molecule has 0 saturated heterocycles. The minimum Gasteiger partial charge on any atom is -0.366 e. The Morgan fingerprint density at radius 3 is 2.19 bits per heavy atom. The standard InChI is InChI=1S/C21H18ClN3O2/c1-14(26)16-4-9-19(10-5-16)25-21(27)17-6-11-20(24-13-17)23-12-15-2-7-18(22)8-3-15/h2-11,13H,12H2,1H3,(H,23,24)(H,25,27). The van der Waals surface area contributed by atoms with E-state index in [4.69, 9.17) is 11.6 Å². The van der Waals surface area contributed by atoms with Crippen molar-refractivity contribution in [3.8, 4) is 0 Å². The summed E-state index contributed by atoms with van der Waals surface area (Å²) in [4.78, 5) is 27.9. The second-order valence-electron chi connectivity index (χ2n) is 6.00. The Hall–Kier alpha value is -3.18. The molecule has 0 atom stereocenters. The molecule has 6 heteroatoms. The Balaban J connectivity index is 1.58. The van der Waals surface area contributed by atoms with Gasteiger partial charge in [0.2, 0.25) is 0 Å². The molecular formula is C21H18ClN3O2. The Morgan fingerprint density at radius 2 is 1.59 bits per heavy atom. The fourth-order valence-electron chi connectivity index (χ4n) is 2.42. The zero-order valence-electron chi connectivity index (χ0n) is 14.7. The summed E-state index contributed by atoms with van der Waals surface area (Å²) in [6.45, 7) is 2.11. The van der Waals surface area contributed by atoms with E-state index in [0.717, 1.165) is 5.56 Å². The average molecular weight is 380 g/mol. The maximum Gasteiger partial charge on any atom is 0.257 e. The Morgan fingerprint density at radius 1 is 0.926 bits per heavy atom. The van der Waals surface area contributed by atoms with Crippen LogP contribution in [0.25, 0.3) is 0 Å². The second kappa shape index (κ2) is 8.47. The fraction of sp³-hybridized carbons (Fsp3) is 0.0952. The molecule has 0 aliphatic rings. The van der Waals surface area contributed by atoms with E-state index in [0.29, 0.717) is 34.2 Å². The number of nitrogens with one attached hydrogen (secondary N) is 2. The van der Waals surface area contributed by atoms with Gasteiger partial charge in [0.05, 0.1) is 5.56 Å². The number of halogens is 1. The van der Waals surface area contributed by atoms with E-state index in [-0.39, 0.29) is 11.7 Å². The van der Waals surface area contributed by atoms with Crippen molar-refractivity contribution < 1.29 is 9.59 Å². The molecular weight excluding hydrogens is 362 g/mol. The lowest BCUT2D eigenvalue weighted by atomic mass is 10.1. The number of aromatic nitrogens is 1. The molecule has 5 nitrogen and oxygen atoms in total. The van der Waals surface area contributed by atoms with Gasteiger partial charge in [-0.3, -0.25) is 9.59 Å². The summed E-state index contributed by atoms with van der Waals surface area (Å²) in [5.41, 5.74) is 2.75. The van der Waals surface area contributed by atoms with Crippen molar-refractivity contribution in [2.24, 2.45) is 0 Å². The van der Waals surface area contributed by atoms with Gasteiger partial charge in [-0.2, -0.15) is 0 Å². The van der Waals surface area contributed by atoms with Crippen LogP contribution in [-0.2, 0) is 6.54 Å². The second-order valence-corrected chi connectivity index (χ2v) is 6.44. The van der Waals surface area contributed by atoms with Gasteiger partial charge in [-0.15, -0.1) is 0 Å². The number of rotatable bonds is 6. The molecule has 0 saturated carbocycles. The zero-order chi connectivity index (χ0) is 19.2. The molecule has 0 fully saturated rings. The number of carbonyl (C=O) groups is 2. The number of amides is 1. The van der Waals surface area contributed by atoms with Crippen molar-refractivity contribution in [2.75, 3.05) is 10.6 Å². The van der Waals surface area contributed by atoms with Crippen molar-refractivity contribution in [3.05, 3.63) is 88.6 Å². The molecule has 0 unspecified atom stereocenters. The number of hydrogen-bond acceptors (Lipinski definition) is 4. The molecule has 0 bridgehead atoms. The van der Waals surface area contributed by atoms with Crippen LogP contribution in [0.4, 0.5) is 11.5 Å². The van der Waals surface area contributed by atoms with E-state index in [1.54, 1.807) is 36.4 Å². The molecule has 1 amide bonds. The van der Waals surface area contributed by atoms with Crippen LogP contribution in [-0.4, -0.2) is 16.7 Å². The van der Waals surface area contributed by atoms with Crippen LogP contribution >= 0.6 is 11.6 Å². The number of pyridine rings is 1. The maximum atomic E-state index is 12.3. The molecule has 2 N–H and O–H groups in total. The summed E-state index contributed by atoms with van der Waals surface area (Å²) in [5.74, 6) is 0.397. The van der Waals surface area contributed by atoms with E-state index < -0.39 is 0 Å². The molecule has 136 valence electrons. The molecule has 0 aliphatic carbocycles. The normalized spacial score (nSPS) is 10.3. The molecule has 1 aromatic heterocycles. The van der Waals surface area contributed by atoms with E-state index >= 15 is 0 Å². The first-order valence-electron chi connectivity index (χ1n) is 8.38. The number of anilines is 2. The molecule has 27 heavy (non-hydrogen) atoms. The lowest BCUT2D eigenvalue weighted by Crippen LogP contribution is -2.12. The predicted octanol–water partition coefficient (Wildman–Crippen LogP) is 4.80. The number of Topliss-reactive ketones (excluding diaryl/α,β-unsaturated/α-hetero) is 1. The van der Waals surface area contributed by atoms with Gasteiger partial charge in [-0.05, 0) is 61.0 Å². The van der Waals surface area contributed by atoms with Crippen LogP contribution in [0.3, 0.4) is 0 Å². The minimum atomic E-state index is -0.262. The first-order chi connectivity index (χ1) is 13.0. The van der Waals surface area contributed by atoms with Gasteiger partial charge in [0.25, 0.3) is 5.91 Å². The lowest BCUT2D eigenvalue weighted by Gasteiger charge is -2.08. The summed E-state index contributed by atoms with van der Waals surface area (Å²) in [6.07, 6.45) is 1.52. The van der Waals surface area contributed by atoms with Crippen molar-refractivity contribution >= 4 is 34.8 Å². The van der Waals surface area contributed by atoms with Gasteiger partial charge < -0.3 is 10.6 Å². The van der Waals surface area contributed by atoms with Crippen LogP contribution in [0.1, 0.15) is 33.2 Å². The molecule has 1 heterocycles. The van der Waals surface area contributed by atoms with Gasteiger partial charge in [-0.25, -0.2) is 4.98 Å². The third kappa shape index (κ3) is 5.15. The van der Waals surface area contributed by atoms with Crippen molar-refractivity contribution in [1.29, 1.82) is 0 Å². The first-order valence-corrected chi connectivity index (χ1v) is 8.76. The van der Waals surface area contributed by atoms with Crippen LogP contribution in [0.5, 0.6) is 0 Å². The predicted molar refractivity (Wildman–Crippen MR) is 107 cm³/mol. The summed E-state index contributed by atoms with van der Waals surface area (Å²) < 4.78 is 0. The smallest absolute Gasteiger partial charge is 0.257 e. The third-order valence-electron chi connectivity index (χ3n) is 3.96. The highest BCUT2D eigenvalue weighted by atomic mass is 35.5. The quantitative estimate of drug-likeness (QED) is 0.603. The number of carbonyl (C=O) groups excluding carboxylic acids is 2. The molecule has 2 aromatic carbocycles. The fourth-order valence-corrected chi connectivity index (χ4v) is 2.55. The highest BCUT2D eigenvalue weighted by Crippen LogP contribution is 2.14. The number of ketones is 1. The van der Waals surface area contributed by atoms with Crippen molar-refractivity contribution in [3.63, 3.8) is 0 Å². The van der Waals surface area contributed by atoms with Crippen LogP contribution in [0.15, 0.2) is 66.9 Å². The Labute approximate surface area is 162 Å². The van der Waals surface area contributed by atoms with Gasteiger partial charge in [0.1, 0.15) is 5.82 Å². The minimum absolute atomic E-state index is 0.0150. The number of nitrogens with zero attached hydrogens (tertiary/aromatic N) is 1. The van der Waals surface area contributed by atoms with Gasteiger partial charge in [-0.1, -0.05) is 23.7 Å². The Bertz CT molecular complexity index is 937. The Kier molecular flexibility index (Phi) is 5.84. The largest absolute Gasteiger partial charge is 0.366 e. The molecule has 0 radical (unpaired) electrons. The van der Waals surface area contributed by atoms with Gasteiger partial charge in [0, 0.05) is 29.0 Å². The van der Waals surface area contributed by atoms with Crippen LogP contribution in [0, 0.1) is 0 Å². The average Bonchev–Trinajstić information content (AvgIpc) is 2.68. The zero-order valence-corrected chi connectivity index (χ0v) is 15.5. The summed E-state index contributed by atoms with van der Waals surface area (Å²) in [7, 11) is 0. The van der Waals surface area contributed by atoms with Crippen molar-refractivity contribution in [2.45, 2.75) is 13.5 Å². The SMILES string of the molecule is CC(=O)c1ccc(NC(=O)c2ccc(NCc3ccc(Cl)cc3)nc2)cc1. The van der Waals surface area contributed by atoms with Crippen LogP contribution in [0.2, 0.25) is 5.02 Å². The maximum absolute atomic E-state index is 12.3. The van der Waals surface area contributed by atoms with Crippen molar-refractivity contribution in [1.82, 2.24) is 4.98 Å².